The molecule has 0 saturated carbocycles. The summed E-state index contributed by atoms with van der Waals surface area (Å²) < 4.78 is 40.5. The van der Waals surface area contributed by atoms with Crippen LogP contribution in [0.15, 0.2) is 12.4 Å². The van der Waals surface area contributed by atoms with Gasteiger partial charge in [-0.3, -0.25) is 14.3 Å². The van der Waals surface area contributed by atoms with Crippen LogP contribution < -0.4 is 5.32 Å². The van der Waals surface area contributed by atoms with Crippen LogP contribution >= 0.6 is 0 Å². The van der Waals surface area contributed by atoms with Crippen molar-refractivity contribution in [2.45, 2.75) is 50.9 Å². The molecule has 2 amide bonds. The molecule has 1 aromatic heterocycles. The predicted octanol–water partition coefficient (Wildman–Crippen LogP) is 1.41. The minimum absolute atomic E-state index is 0.113. The van der Waals surface area contributed by atoms with E-state index in [1.807, 2.05) is 0 Å². The number of nitrogens with one attached hydrogen (secondary N) is 1. The molecule has 2 heterocycles. The van der Waals surface area contributed by atoms with Gasteiger partial charge in [0.25, 0.3) is 0 Å². The summed E-state index contributed by atoms with van der Waals surface area (Å²) in [4.78, 5) is 24.3. The summed E-state index contributed by atoms with van der Waals surface area (Å²) in [5.41, 5.74) is 0.916. The lowest BCUT2D eigenvalue weighted by Gasteiger charge is -2.40. The molecule has 2 unspecified atom stereocenters. The third kappa shape index (κ3) is 4.72. The number of carbonyl (C=O) groups is 2. The Morgan fingerprint density at radius 3 is 2.62 bits per heavy atom. The number of nitrogens with zero attached hydrogens (tertiary/aromatic N) is 3. The molecule has 2 rings (SSSR count). The van der Waals surface area contributed by atoms with Gasteiger partial charge in [-0.2, -0.15) is 18.3 Å². The summed E-state index contributed by atoms with van der Waals surface area (Å²) in [6, 6.07) is -2.22. The van der Waals surface area contributed by atoms with Crippen LogP contribution in [0.4, 0.5) is 13.2 Å². The lowest BCUT2D eigenvalue weighted by Crippen LogP contribution is -2.57. The van der Waals surface area contributed by atoms with Gasteiger partial charge < -0.3 is 10.2 Å². The second-order valence-corrected chi connectivity index (χ2v) is 6.09. The zero-order valence-electron chi connectivity index (χ0n) is 13.6. The van der Waals surface area contributed by atoms with E-state index < -0.39 is 24.2 Å². The van der Waals surface area contributed by atoms with Gasteiger partial charge in [-0.25, -0.2) is 0 Å². The zero-order valence-corrected chi connectivity index (χ0v) is 13.6. The molecule has 0 aromatic carbocycles. The van der Waals surface area contributed by atoms with E-state index in [1.54, 1.807) is 24.1 Å². The molecule has 6 nitrogen and oxygen atoms in total. The van der Waals surface area contributed by atoms with Crippen LogP contribution in [-0.2, 0) is 23.1 Å². The fourth-order valence-corrected chi connectivity index (χ4v) is 2.94. The van der Waals surface area contributed by atoms with Gasteiger partial charge in [0, 0.05) is 39.2 Å². The van der Waals surface area contributed by atoms with Crippen molar-refractivity contribution in [2.75, 3.05) is 6.54 Å². The molecule has 0 radical (unpaired) electrons. The predicted molar refractivity (Wildman–Crippen MR) is 79.9 cm³/mol. The lowest BCUT2D eigenvalue weighted by atomic mass is 9.97. The highest BCUT2D eigenvalue weighted by molar-refractivity contribution is 5.77. The molecule has 0 aliphatic carbocycles. The SMILES string of the molecule is CC(=O)N1CC(NC(=O)CCc2cnn(C)c2)CCC1C(F)(F)F. The monoisotopic (exact) mass is 346 g/mol. The van der Waals surface area contributed by atoms with Gasteiger partial charge in [0.15, 0.2) is 0 Å². The molecule has 1 fully saturated rings. The fraction of sp³-hybridized carbons (Fsp3) is 0.667. The molecule has 134 valence electrons. The number of amides is 2. The van der Waals surface area contributed by atoms with Crippen molar-refractivity contribution in [3.63, 3.8) is 0 Å². The number of aromatic nitrogens is 2. The molecule has 9 heteroatoms. The zero-order chi connectivity index (χ0) is 17.9. The highest BCUT2D eigenvalue weighted by Crippen LogP contribution is 2.32. The standard InChI is InChI=1S/C15H21F3N4O2/c1-10(23)22-9-12(4-5-13(22)15(16,17)18)20-14(24)6-3-11-7-19-21(2)8-11/h7-8,12-13H,3-6,9H2,1-2H3,(H,20,24). The van der Waals surface area contributed by atoms with Crippen molar-refractivity contribution in [2.24, 2.45) is 7.05 Å². The van der Waals surface area contributed by atoms with E-state index in [2.05, 4.69) is 10.4 Å². The Morgan fingerprint density at radius 2 is 2.08 bits per heavy atom. The summed E-state index contributed by atoms with van der Waals surface area (Å²) >= 11 is 0. The number of aryl methyl sites for hydroxylation is 2. The molecule has 0 spiro atoms. The van der Waals surface area contributed by atoms with Crippen molar-refractivity contribution < 1.29 is 22.8 Å². The van der Waals surface area contributed by atoms with Crippen LogP contribution in [0.3, 0.4) is 0 Å². The van der Waals surface area contributed by atoms with E-state index in [-0.39, 0.29) is 31.7 Å². The molecular weight excluding hydrogens is 325 g/mol. The van der Waals surface area contributed by atoms with Crippen LogP contribution in [0, 0.1) is 0 Å². The van der Waals surface area contributed by atoms with Crippen molar-refractivity contribution in [1.29, 1.82) is 0 Å². The van der Waals surface area contributed by atoms with Crippen LogP contribution in [0.1, 0.15) is 31.7 Å². The Bertz CT molecular complexity index is 600. The minimum atomic E-state index is -4.44. The van der Waals surface area contributed by atoms with Crippen molar-refractivity contribution in [3.05, 3.63) is 18.0 Å². The van der Waals surface area contributed by atoms with Crippen LogP contribution in [-0.4, -0.2) is 51.3 Å². The van der Waals surface area contributed by atoms with Crippen LogP contribution in [0.5, 0.6) is 0 Å². The van der Waals surface area contributed by atoms with Crippen LogP contribution in [0.2, 0.25) is 0 Å². The van der Waals surface area contributed by atoms with Gasteiger partial charge in [0.1, 0.15) is 6.04 Å². The molecule has 1 aromatic rings. The summed E-state index contributed by atoms with van der Waals surface area (Å²) in [6.07, 6.45) is -0.234. The third-order valence-electron chi connectivity index (χ3n) is 4.13. The number of halogens is 3. The Labute approximate surface area is 138 Å². The Hall–Kier alpha value is -2.06. The van der Waals surface area contributed by atoms with Crippen molar-refractivity contribution >= 4 is 11.8 Å². The van der Waals surface area contributed by atoms with Gasteiger partial charge >= 0.3 is 6.18 Å². The molecule has 2 atom stereocenters. The molecule has 0 bridgehead atoms. The van der Waals surface area contributed by atoms with E-state index in [4.69, 9.17) is 0 Å². The first-order chi connectivity index (χ1) is 11.2. The summed E-state index contributed by atoms with van der Waals surface area (Å²) in [6.45, 7) is 1.00. The van der Waals surface area contributed by atoms with Gasteiger partial charge in [-0.15, -0.1) is 0 Å². The van der Waals surface area contributed by atoms with Gasteiger partial charge in [0.2, 0.25) is 11.8 Å². The van der Waals surface area contributed by atoms with E-state index in [9.17, 15) is 22.8 Å². The number of hydrogen-bond donors (Lipinski definition) is 1. The normalized spacial score (nSPS) is 21.6. The van der Waals surface area contributed by atoms with Crippen molar-refractivity contribution in [1.82, 2.24) is 20.0 Å². The summed E-state index contributed by atoms with van der Waals surface area (Å²) in [7, 11) is 1.78. The van der Waals surface area contributed by atoms with E-state index >= 15 is 0 Å². The summed E-state index contributed by atoms with van der Waals surface area (Å²) in [5.74, 6) is -0.871. The Morgan fingerprint density at radius 1 is 1.38 bits per heavy atom. The average Bonchev–Trinajstić information content (AvgIpc) is 2.89. The third-order valence-corrected chi connectivity index (χ3v) is 4.13. The average molecular weight is 346 g/mol. The molecule has 1 N–H and O–H groups in total. The number of piperidine rings is 1. The Kier molecular flexibility index (Phi) is 5.51. The first-order valence-corrected chi connectivity index (χ1v) is 7.77. The quantitative estimate of drug-likeness (QED) is 0.896. The smallest absolute Gasteiger partial charge is 0.352 e. The lowest BCUT2D eigenvalue weighted by molar-refractivity contribution is -0.196. The first-order valence-electron chi connectivity index (χ1n) is 7.77. The van der Waals surface area contributed by atoms with E-state index in [0.29, 0.717) is 6.42 Å². The van der Waals surface area contributed by atoms with Gasteiger partial charge in [-0.1, -0.05) is 0 Å². The number of hydrogen-bond acceptors (Lipinski definition) is 3. The molecule has 1 saturated heterocycles. The van der Waals surface area contributed by atoms with Gasteiger partial charge in [-0.05, 0) is 24.8 Å². The highest BCUT2D eigenvalue weighted by atomic mass is 19.4. The maximum absolute atomic E-state index is 13.0. The molecule has 1 aliphatic heterocycles. The van der Waals surface area contributed by atoms with E-state index in [1.165, 1.54) is 0 Å². The highest BCUT2D eigenvalue weighted by Gasteiger charge is 2.47. The van der Waals surface area contributed by atoms with Crippen molar-refractivity contribution in [3.8, 4) is 0 Å². The first kappa shape index (κ1) is 18.3. The number of carbonyl (C=O) groups excluding carboxylic acids is 2. The fourth-order valence-electron chi connectivity index (χ4n) is 2.94. The molecular formula is C15H21F3N4O2. The second kappa shape index (κ2) is 7.23. The number of alkyl halides is 3. The van der Waals surface area contributed by atoms with Crippen LogP contribution in [0.25, 0.3) is 0 Å². The molecule has 1 aliphatic rings. The Balaban J connectivity index is 1.86. The maximum Gasteiger partial charge on any atom is 0.408 e. The van der Waals surface area contributed by atoms with E-state index in [0.717, 1.165) is 17.4 Å². The maximum atomic E-state index is 13.0. The number of rotatable bonds is 4. The molecule has 24 heavy (non-hydrogen) atoms. The second-order valence-electron chi connectivity index (χ2n) is 6.09. The number of likely N-dealkylation sites (tertiary alicyclic amines) is 1. The topological polar surface area (TPSA) is 67.2 Å². The summed E-state index contributed by atoms with van der Waals surface area (Å²) in [5, 5.41) is 6.73. The minimum Gasteiger partial charge on any atom is -0.352 e. The van der Waals surface area contributed by atoms with Gasteiger partial charge in [0.05, 0.1) is 6.20 Å². The largest absolute Gasteiger partial charge is 0.408 e.